The van der Waals surface area contributed by atoms with Crippen LogP contribution in [0.25, 0.3) is 11.0 Å². The molecule has 2 aromatic rings. The zero-order chi connectivity index (χ0) is 11.0. The highest BCUT2D eigenvalue weighted by molar-refractivity contribution is 5.88. The van der Waals surface area contributed by atoms with Gasteiger partial charge in [-0.25, -0.2) is 4.98 Å². The molecule has 0 aliphatic heterocycles. The van der Waals surface area contributed by atoms with Gasteiger partial charge < -0.3 is 10.3 Å². The van der Waals surface area contributed by atoms with E-state index in [0.717, 1.165) is 35.5 Å². The fourth-order valence-electron chi connectivity index (χ4n) is 2.02. The van der Waals surface area contributed by atoms with E-state index in [1.807, 2.05) is 13.0 Å². The Morgan fingerprint density at radius 2 is 2.07 bits per heavy atom. The van der Waals surface area contributed by atoms with Crippen molar-refractivity contribution in [3.8, 4) is 0 Å². The van der Waals surface area contributed by atoms with Gasteiger partial charge in [0, 0.05) is 6.54 Å². The van der Waals surface area contributed by atoms with Crippen molar-refractivity contribution in [2.75, 3.05) is 5.73 Å². The van der Waals surface area contributed by atoms with E-state index in [4.69, 9.17) is 5.73 Å². The Morgan fingerprint density at radius 3 is 2.73 bits per heavy atom. The van der Waals surface area contributed by atoms with Crippen molar-refractivity contribution in [3.63, 3.8) is 0 Å². The molecule has 0 radical (unpaired) electrons. The molecule has 0 unspecified atom stereocenters. The molecule has 0 aliphatic carbocycles. The van der Waals surface area contributed by atoms with Gasteiger partial charge in [-0.05, 0) is 38.0 Å². The second-order valence-corrected chi connectivity index (χ2v) is 4.03. The van der Waals surface area contributed by atoms with E-state index in [0.29, 0.717) is 0 Å². The molecule has 0 amide bonds. The first-order chi connectivity index (χ1) is 7.13. The lowest BCUT2D eigenvalue weighted by Crippen LogP contribution is -1.99. The number of anilines is 1. The SMILES string of the molecule is CCCn1c(C)nc2c(N)cc(C)cc21. The number of aromatic nitrogens is 2. The van der Waals surface area contributed by atoms with Crippen molar-refractivity contribution in [2.24, 2.45) is 0 Å². The molecule has 0 aliphatic rings. The zero-order valence-electron chi connectivity index (χ0n) is 9.54. The summed E-state index contributed by atoms with van der Waals surface area (Å²) in [6.07, 6.45) is 1.11. The summed E-state index contributed by atoms with van der Waals surface area (Å²) in [5, 5.41) is 0. The van der Waals surface area contributed by atoms with Gasteiger partial charge in [-0.3, -0.25) is 0 Å². The van der Waals surface area contributed by atoms with Crippen LogP contribution in [0, 0.1) is 13.8 Å². The molecule has 2 N–H and O–H groups in total. The first-order valence-electron chi connectivity index (χ1n) is 5.36. The van der Waals surface area contributed by atoms with E-state index in [9.17, 15) is 0 Å². The highest BCUT2D eigenvalue weighted by Crippen LogP contribution is 2.23. The third kappa shape index (κ3) is 1.58. The van der Waals surface area contributed by atoms with Crippen LogP contribution in [0.4, 0.5) is 5.69 Å². The lowest BCUT2D eigenvalue weighted by Gasteiger charge is -2.05. The molecule has 0 bridgehead atoms. The van der Waals surface area contributed by atoms with E-state index in [2.05, 4.69) is 29.5 Å². The van der Waals surface area contributed by atoms with Crippen LogP contribution >= 0.6 is 0 Å². The average Bonchev–Trinajstić information content (AvgIpc) is 2.46. The fourth-order valence-corrected chi connectivity index (χ4v) is 2.02. The van der Waals surface area contributed by atoms with Crippen LogP contribution in [0.5, 0.6) is 0 Å². The number of imidazole rings is 1. The van der Waals surface area contributed by atoms with Gasteiger partial charge in [-0.1, -0.05) is 6.92 Å². The predicted molar refractivity (Wildman–Crippen MR) is 63.9 cm³/mol. The number of fused-ring (bicyclic) bond motifs is 1. The molecule has 0 spiro atoms. The third-order valence-corrected chi connectivity index (χ3v) is 2.67. The first kappa shape index (κ1) is 10.0. The Labute approximate surface area is 89.9 Å². The molecule has 0 saturated heterocycles. The minimum Gasteiger partial charge on any atom is -0.397 e. The number of benzene rings is 1. The number of aryl methyl sites for hydroxylation is 3. The van der Waals surface area contributed by atoms with Gasteiger partial charge in [0.1, 0.15) is 11.3 Å². The standard InChI is InChI=1S/C12H17N3/c1-4-5-15-9(3)14-12-10(13)6-8(2)7-11(12)15/h6-7H,4-5,13H2,1-3H3. The number of hydrogen-bond donors (Lipinski definition) is 1. The summed E-state index contributed by atoms with van der Waals surface area (Å²) >= 11 is 0. The van der Waals surface area contributed by atoms with E-state index in [1.54, 1.807) is 0 Å². The van der Waals surface area contributed by atoms with Crippen LogP contribution in [0.2, 0.25) is 0 Å². The second-order valence-electron chi connectivity index (χ2n) is 4.03. The minimum absolute atomic E-state index is 0.781. The van der Waals surface area contributed by atoms with Gasteiger partial charge in [0.05, 0.1) is 11.2 Å². The maximum absolute atomic E-state index is 5.96. The van der Waals surface area contributed by atoms with E-state index in [-0.39, 0.29) is 0 Å². The van der Waals surface area contributed by atoms with Gasteiger partial charge in [-0.15, -0.1) is 0 Å². The van der Waals surface area contributed by atoms with E-state index < -0.39 is 0 Å². The summed E-state index contributed by atoms with van der Waals surface area (Å²) in [7, 11) is 0. The number of nitrogen functional groups attached to an aromatic ring is 1. The quantitative estimate of drug-likeness (QED) is 0.762. The Hall–Kier alpha value is -1.51. The van der Waals surface area contributed by atoms with Gasteiger partial charge in [-0.2, -0.15) is 0 Å². The monoisotopic (exact) mass is 203 g/mol. The van der Waals surface area contributed by atoms with Crippen molar-refractivity contribution in [3.05, 3.63) is 23.5 Å². The summed E-state index contributed by atoms with van der Waals surface area (Å²) in [5.74, 6) is 1.05. The van der Waals surface area contributed by atoms with Crippen molar-refractivity contribution in [2.45, 2.75) is 33.7 Å². The van der Waals surface area contributed by atoms with Crippen molar-refractivity contribution >= 4 is 16.7 Å². The summed E-state index contributed by atoms with van der Waals surface area (Å²) in [5.41, 5.74) is 10.0. The maximum Gasteiger partial charge on any atom is 0.112 e. The van der Waals surface area contributed by atoms with Crippen molar-refractivity contribution in [1.82, 2.24) is 9.55 Å². The molecule has 1 aromatic heterocycles. The van der Waals surface area contributed by atoms with Gasteiger partial charge >= 0.3 is 0 Å². The molecule has 3 nitrogen and oxygen atoms in total. The smallest absolute Gasteiger partial charge is 0.112 e. The third-order valence-electron chi connectivity index (χ3n) is 2.67. The van der Waals surface area contributed by atoms with Gasteiger partial charge in [0.25, 0.3) is 0 Å². The highest BCUT2D eigenvalue weighted by Gasteiger charge is 2.09. The Kier molecular flexibility index (Phi) is 2.39. The molecule has 3 heteroatoms. The predicted octanol–water partition coefficient (Wildman–Crippen LogP) is 2.65. The largest absolute Gasteiger partial charge is 0.397 e. The van der Waals surface area contributed by atoms with Crippen LogP contribution in [0.1, 0.15) is 24.7 Å². The van der Waals surface area contributed by atoms with Gasteiger partial charge in [0.15, 0.2) is 0 Å². The first-order valence-corrected chi connectivity index (χ1v) is 5.36. The van der Waals surface area contributed by atoms with Crippen LogP contribution in [-0.2, 0) is 6.54 Å². The Morgan fingerprint density at radius 1 is 1.33 bits per heavy atom. The Balaban J connectivity index is 2.74. The summed E-state index contributed by atoms with van der Waals surface area (Å²) in [6.45, 7) is 7.27. The lowest BCUT2D eigenvalue weighted by atomic mass is 10.2. The molecule has 2 rings (SSSR count). The maximum atomic E-state index is 5.96. The van der Waals surface area contributed by atoms with Crippen LogP contribution in [0.15, 0.2) is 12.1 Å². The fraction of sp³-hybridized carbons (Fsp3) is 0.417. The molecule has 0 atom stereocenters. The van der Waals surface area contributed by atoms with Crippen LogP contribution < -0.4 is 5.73 Å². The zero-order valence-corrected chi connectivity index (χ0v) is 9.54. The Bertz CT molecular complexity index is 497. The summed E-state index contributed by atoms with van der Waals surface area (Å²) in [6, 6.07) is 4.13. The van der Waals surface area contributed by atoms with Gasteiger partial charge in [0.2, 0.25) is 0 Å². The minimum atomic E-state index is 0.781. The number of hydrogen-bond acceptors (Lipinski definition) is 2. The van der Waals surface area contributed by atoms with E-state index >= 15 is 0 Å². The second kappa shape index (κ2) is 3.57. The van der Waals surface area contributed by atoms with Crippen LogP contribution in [0.3, 0.4) is 0 Å². The topological polar surface area (TPSA) is 43.8 Å². The number of rotatable bonds is 2. The number of nitrogens with two attached hydrogens (primary N) is 1. The molecule has 0 fully saturated rings. The molecule has 1 aromatic carbocycles. The molecule has 15 heavy (non-hydrogen) atoms. The normalized spacial score (nSPS) is 11.1. The average molecular weight is 203 g/mol. The lowest BCUT2D eigenvalue weighted by molar-refractivity contribution is 0.676. The van der Waals surface area contributed by atoms with Crippen LogP contribution in [-0.4, -0.2) is 9.55 Å². The highest BCUT2D eigenvalue weighted by atomic mass is 15.1. The molecule has 0 saturated carbocycles. The molecular formula is C12H17N3. The summed E-state index contributed by atoms with van der Waals surface area (Å²) < 4.78 is 2.23. The number of nitrogens with zero attached hydrogens (tertiary/aromatic N) is 2. The summed E-state index contributed by atoms with van der Waals surface area (Å²) in [4.78, 5) is 4.51. The molecule has 80 valence electrons. The van der Waals surface area contributed by atoms with Crippen molar-refractivity contribution < 1.29 is 0 Å². The molecular weight excluding hydrogens is 186 g/mol. The molecule has 1 heterocycles. The van der Waals surface area contributed by atoms with E-state index in [1.165, 1.54) is 5.56 Å². The van der Waals surface area contributed by atoms with Crippen molar-refractivity contribution in [1.29, 1.82) is 0 Å².